The third-order valence-electron chi connectivity index (χ3n) is 5.57. The topological polar surface area (TPSA) is 45.6 Å². The summed E-state index contributed by atoms with van der Waals surface area (Å²) in [6, 6.07) is 14.4. The molecule has 2 heterocycles. The Balaban J connectivity index is 1.44. The zero-order chi connectivity index (χ0) is 21.8. The Morgan fingerprint density at radius 2 is 1.90 bits per heavy atom. The Morgan fingerprint density at radius 1 is 1.13 bits per heavy atom. The van der Waals surface area contributed by atoms with Gasteiger partial charge in [0, 0.05) is 34.9 Å². The first kappa shape index (κ1) is 22.2. The van der Waals surface area contributed by atoms with Crippen molar-refractivity contribution in [2.45, 2.75) is 18.9 Å². The fraction of sp³-hybridized carbons (Fsp3) is 0.292. The molecule has 3 aromatic rings. The quantitative estimate of drug-likeness (QED) is 0.440. The predicted molar refractivity (Wildman–Crippen MR) is 125 cm³/mol. The van der Waals surface area contributed by atoms with Crippen molar-refractivity contribution in [3.8, 4) is 28.1 Å². The first-order valence-electron chi connectivity index (χ1n) is 10.2. The lowest BCUT2D eigenvalue weighted by Crippen LogP contribution is -2.35. The van der Waals surface area contributed by atoms with Crippen LogP contribution in [0.25, 0.3) is 22.4 Å². The molecule has 7 heteroatoms. The largest absolute Gasteiger partial charge is 0.491 e. The molecule has 1 atom stereocenters. The van der Waals surface area contributed by atoms with Crippen LogP contribution in [0.3, 0.4) is 0 Å². The van der Waals surface area contributed by atoms with E-state index >= 15 is 0 Å². The highest BCUT2D eigenvalue weighted by atomic mass is 79.9. The van der Waals surface area contributed by atoms with Crippen molar-refractivity contribution in [3.63, 3.8) is 0 Å². The molecule has 1 aliphatic heterocycles. The van der Waals surface area contributed by atoms with Crippen molar-refractivity contribution in [1.29, 1.82) is 0 Å². The highest BCUT2D eigenvalue weighted by Gasteiger charge is 2.23. The van der Waals surface area contributed by atoms with Crippen molar-refractivity contribution in [3.05, 3.63) is 70.0 Å². The van der Waals surface area contributed by atoms with Crippen molar-refractivity contribution < 1.29 is 14.2 Å². The minimum Gasteiger partial charge on any atom is -0.491 e. The van der Waals surface area contributed by atoms with Gasteiger partial charge in [0.25, 0.3) is 0 Å². The van der Waals surface area contributed by atoms with E-state index in [1.807, 2.05) is 24.3 Å². The number of ether oxygens (including phenoxy) is 1. The third-order valence-corrected chi connectivity index (χ3v) is 6.44. The molecular weight excluding hydrogens is 483 g/mol. The number of pyridine rings is 1. The van der Waals surface area contributed by atoms with Gasteiger partial charge in [-0.1, -0.05) is 23.7 Å². The summed E-state index contributed by atoms with van der Waals surface area (Å²) in [5.41, 5.74) is 2.50. The molecular formula is C24H23BrClFN2O2. The van der Waals surface area contributed by atoms with Gasteiger partial charge in [-0.3, -0.25) is 9.88 Å². The smallest absolute Gasteiger partial charge is 0.150 e. The van der Waals surface area contributed by atoms with E-state index in [2.05, 4.69) is 25.8 Å². The number of hydrogen-bond donors (Lipinski definition) is 1. The first-order valence-corrected chi connectivity index (χ1v) is 11.4. The molecule has 1 aliphatic rings. The van der Waals surface area contributed by atoms with E-state index in [1.165, 1.54) is 6.07 Å². The second kappa shape index (κ2) is 10.1. The van der Waals surface area contributed by atoms with Gasteiger partial charge in [0.2, 0.25) is 0 Å². The number of hydrogen-bond acceptors (Lipinski definition) is 4. The van der Waals surface area contributed by atoms with Crippen LogP contribution >= 0.6 is 27.5 Å². The first-order chi connectivity index (χ1) is 15.0. The van der Waals surface area contributed by atoms with Crippen LogP contribution in [-0.4, -0.2) is 47.3 Å². The molecule has 0 saturated carbocycles. The molecule has 1 N–H and O–H groups in total. The fourth-order valence-corrected chi connectivity index (χ4v) is 4.50. The number of rotatable bonds is 7. The maximum absolute atomic E-state index is 14.8. The van der Waals surface area contributed by atoms with Gasteiger partial charge in [-0.05, 0) is 77.3 Å². The van der Waals surface area contributed by atoms with Crippen LogP contribution in [-0.2, 0) is 0 Å². The molecule has 4 nitrogen and oxygen atoms in total. The highest BCUT2D eigenvalue weighted by Crippen LogP contribution is 2.32. The van der Waals surface area contributed by atoms with Gasteiger partial charge in [0.1, 0.15) is 23.9 Å². The van der Waals surface area contributed by atoms with Crippen molar-refractivity contribution >= 4 is 27.5 Å². The monoisotopic (exact) mass is 504 g/mol. The Hall–Kier alpha value is -1.99. The molecule has 0 amide bonds. The van der Waals surface area contributed by atoms with Gasteiger partial charge in [-0.15, -0.1) is 0 Å². The van der Waals surface area contributed by atoms with E-state index < -0.39 is 5.82 Å². The molecule has 2 aromatic carbocycles. The normalized spacial score (nSPS) is 16.6. The number of benzene rings is 2. The summed E-state index contributed by atoms with van der Waals surface area (Å²) < 4.78 is 21.5. The van der Waals surface area contributed by atoms with Crippen LogP contribution in [0, 0.1) is 5.82 Å². The lowest BCUT2D eigenvalue weighted by Gasteiger charge is -2.22. The van der Waals surface area contributed by atoms with Crippen LogP contribution in [0.2, 0.25) is 5.02 Å². The highest BCUT2D eigenvalue weighted by molar-refractivity contribution is 9.10. The van der Waals surface area contributed by atoms with Crippen LogP contribution in [0.1, 0.15) is 12.8 Å². The number of halogens is 3. The summed E-state index contributed by atoms with van der Waals surface area (Å²) in [6.45, 7) is 2.47. The van der Waals surface area contributed by atoms with Crippen LogP contribution < -0.4 is 4.74 Å². The standard InChI is InChI=1S/C24H23BrClFN2O2/c25-21-12-17(5-8-23(21)31-11-10-29-9-1-2-20(29)15-30)24-22(27)13-18(14-28-24)16-3-6-19(26)7-4-16/h3-8,12-14,20,30H,1-2,9-11,15H2/t20-/m0/s1. The summed E-state index contributed by atoms with van der Waals surface area (Å²) in [6.07, 6.45) is 3.80. The Bertz CT molecular complexity index is 1050. The number of aromatic nitrogens is 1. The molecule has 162 valence electrons. The van der Waals surface area contributed by atoms with E-state index in [0.717, 1.165) is 36.0 Å². The van der Waals surface area contributed by atoms with Crippen LogP contribution in [0.15, 0.2) is 59.2 Å². The summed E-state index contributed by atoms with van der Waals surface area (Å²) in [4.78, 5) is 6.60. The average molecular weight is 506 g/mol. The maximum atomic E-state index is 14.8. The molecule has 0 aliphatic carbocycles. The second-order valence-electron chi connectivity index (χ2n) is 7.57. The van der Waals surface area contributed by atoms with Gasteiger partial charge in [0.15, 0.2) is 0 Å². The molecule has 0 radical (unpaired) electrons. The third kappa shape index (κ3) is 5.26. The zero-order valence-electron chi connectivity index (χ0n) is 16.9. The molecule has 4 rings (SSSR count). The second-order valence-corrected chi connectivity index (χ2v) is 8.86. The van der Waals surface area contributed by atoms with Crippen molar-refractivity contribution in [2.24, 2.45) is 0 Å². The van der Waals surface area contributed by atoms with E-state index in [4.69, 9.17) is 16.3 Å². The molecule has 31 heavy (non-hydrogen) atoms. The van der Waals surface area contributed by atoms with Crippen LogP contribution in [0.5, 0.6) is 5.75 Å². The lowest BCUT2D eigenvalue weighted by molar-refractivity contribution is 0.139. The van der Waals surface area contributed by atoms with Gasteiger partial charge in [0.05, 0.1) is 11.1 Å². The van der Waals surface area contributed by atoms with Crippen LogP contribution in [0.4, 0.5) is 4.39 Å². The molecule has 1 saturated heterocycles. The van der Waals surface area contributed by atoms with E-state index in [9.17, 15) is 9.50 Å². The van der Waals surface area contributed by atoms with E-state index in [-0.39, 0.29) is 18.3 Å². The summed E-state index contributed by atoms with van der Waals surface area (Å²) in [7, 11) is 0. The lowest BCUT2D eigenvalue weighted by atomic mass is 10.1. The Labute approximate surface area is 194 Å². The van der Waals surface area contributed by atoms with E-state index in [1.54, 1.807) is 24.4 Å². The number of likely N-dealkylation sites (tertiary alicyclic amines) is 1. The summed E-state index contributed by atoms with van der Waals surface area (Å²) >= 11 is 9.45. The average Bonchev–Trinajstić information content (AvgIpc) is 3.23. The van der Waals surface area contributed by atoms with Crippen molar-refractivity contribution in [2.75, 3.05) is 26.3 Å². The number of aliphatic hydroxyl groups excluding tert-OH is 1. The molecule has 1 aromatic heterocycles. The van der Waals surface area contributed by atoms with E-state index in [0.29, 0.717) is 28.5 Å². The van der Waals surface area contributed by atoms with Gasteiger partial charge < -0.3 is 9.84 Å². The fourth-order valence-electron chi connectivity index (χ4n) is 3.88. The zero-order valence-corrected chi connectivity index (χ0v) is 19.2. The van der Waals surface area contributed by atoms with Gasteiger partial charge >= 0.3 is 0 Å². The van der Waals surface area contributed by atoms with Gasteiger partial charge in [-0.2, -0.15) is 0 Å². The van der Waals surface area contributed by atoms with Gasteiger partial charge in [-0.25, -0.2) is 4.39 Å². The SMILES string of the molecule is OC[C@@H]1CCCN1CCOc1ccc(-c2ncc(-c3ccc(Cl)cc3)cc2F)cc1Br. The summed E-state index contributed by atoms with van der Waals surface area (Å²) in [5.74, 6) is 0.304. The molecule has 0 bridgehead atoms. The minimum atomic E-state index is -0.392. The Kier molecular flexibility index (Phi) is 7.23. The molecule has 0 spiro atoms. The summed E-state index contributed by atoms with van der Waals surface area (Å²) in [5, 5.41) is 10.1. The predicted octanol–water partition coefficient (Wildman–Crippen LogP) is 5.81. The maximum Gasteiger partial charge on any atom is 0.150 e. The number of aliphatic hydroxyl groups is 1. The van der Waals surface area contributed by atoms with Crippen molar-refractivity contribution in [1.82, 2.24) is 9.88 Å². The minimum absolute atomic E-state index is 0.188. The molecule has 0 unspecified atom stereocenters. The molecule has 1 fully saturated rings. The Morgan fingerprint density at radius 3 is 2.61 bits per heavy atom. The number of nitrogens with zero attached hydrogens (tertiary/aromatic N) is 2.